The molecule has 0 fully saturated rings. The average molecular weight is 312 g/mol. The predicted octanol–water partition coefficient (Wildman–Crippen LogP) is 4.51. The number of anilines is 1. The maximum Gasteiger partial charge on any atom is 0.257 e. The molecule has 3 rings (SSSR count). The van der Waals surface area contributed by atoms with Crippen LogP contribution in [0.15, 0.2) is 53.9 Å². The molecule has 0 unspecified atom stereocenters. The highest BCUT2D eigenvalue weighted by Gasteiger charge is 2.12. The quantitative estimate of drug-likeness (QED) is 0.773. The zero-order valence-corrected chi connectivity index (χ0v) is 12.7. The van der Waals surface area contributed by atoms with Gasteiger partial charge in [-0.3, -0.25) is 10.1 Å². The second-order valence-electron chi connectivity index (χ2n) is 4.84. The third-order valence-corrected chi connectivity index (χ3v) is 3.92. The summed E-state index contributed by atoms with van der Waals surface area (Å²) in [5, 5.41) is 4.90. The van der Waals surface area contributed by atoms with Crippen molar-refractivity contribution in [2.24, 2.45) is 0 Å². The van der Waals surface area contributed by atoms with E-state index in [0.29, 0.717) is 22.0 Å². The summed E-state index contributed by atoms with van der Waals surface area (Å²) >= 11 is 1.27. The molecule has 0 aliphatic rings. The van der Waals surface area contributed by atoms with E-state index in [1.807, 2.05) is 19.1 Å². The van der Waals surface area contributed by atoms with E-state index in [1.165, 1.54) is 17.4 Å². The van der Waals surface area contributed by atoms with Crippen molar-refractivity contribution in [2.75, 3.05) is 5.32 Å². The SMILES string of the molecule is Cc1ccc(-c2csc(NC(=O)c3ccccc3)n2)c(F)c1. The fraction of sp³-hybridized carbons (Fsp3) is 0.0588. The number of aryl methyl sites for hydroxylation is 1. The van der Waals surface area contributed by atoms with E-state index >= 15 is 0 Å². The molecule has 1 aromatic heterocycles. The first kappa shape index (κ1) is 14.4. The molecule has 5 heteroatoms. The van der Waals surface area contributed by atoms with E-state index in [2.05, 4.69) is 10.3 Å². The van der Waals surface area contributed by atoms with Gasteiger partial charge in [0.05, 0.1) is 5.69 Å². The second kappa shape index (κ2) is 6.07. The van der Waals surface area contributed by atoms with Crippen molar-refractivity contribution in [1.29, 1.82) is 0 Å². The van der Waals surface area contributed by atoms with Gasteiger partial charge in [0.2, 0.25) is 0 Å². The molecule has 110 valence electrons. The number of amides is 1. The second-order valence-corrected chi connectivity index (χ2v) is 5.70. The van der Waals surface area contributed by atoms with Gasteiger partial charge < -0.3 is 0 Å². The van der Waals surface area contributed by atoms with Crippen LogP contribution in [0.25, 0.3) is 11.3 Å². The molecule has 1 N–H and O–H groups in total. The fourth-order valence-corrected chi connectivity index (χ4v) is 2.75. The van der Waals surface area contributed by atoms with Gasteiger partial charge >= 0.3 is 0 Å². The molecule has 1 heterocycles. The molecule has 1 amide bonds. The van der Waals surface area contributed by atoms with Crippen LogP contribution in [0, 0.1) is 12.7 Å². The van der Waals surface area contributed by atoms with E-state index in [4.69, 9.17) is 0 Å². The Hall–Kier alpha value is -2.53. The predicted molar refractivity (Wildman–Crippen MR) is 86.6 cm³/mol. The zero-order valence-electron chi connectivity index (χ0n) is 11.8. The molecule has 0 aliphatic carbocycles. The molecule has 0 bridgehead atoms. The lowest BCUT2D eigenvalue weighted by molar-refractivity contribution is 0.102. The molecule has 0 aliphatic heterocycles. The molecule has 0 radical (unpaired) electrons. The van der Waals surface area contributed by atoms with Crippen molar-refractivity contribution in [3.63, 3.8) is 0 Å². The molecular formula is C17H13FN2OS. The maximum absolute atomic E-state index is 14.0. The highest BCUT2D eigenvalue weighted by Crippen LogP contribution is 2.27. The number of rotatable bonds is 3. The number of halogens is 1. The Morgan fingerprint density at radius 1 is 1.18 bits per heavy atom. The summed E-state index contributed by atoms with van der Waals surface area (Å²) in [6, 6.07) is 13.9. The first-order valence-corrected chi connectivity index (χ1v) is 7.60. The highest BCUT2D eigenvalue weighted by molar-refractivity contribution is 7.14. The van der Waals surface area contributed by atoms with Crippen LogP contribution in [-0.2, 0) is 0 Å². The van der Waals surface area contributed by atoms with E-state index < -0.39 is 0 Å². The topological polar surface area (TPSA) is 42.0 Å². The molecule has 0 spiro atoms. The molecule has 0 saturated carbocycles. The average Bonchev–Trinajstić information content (AvgIpc) is 2.96. The van der Waals surface area contributed by atoms with Crippen molar-refractivity contribution >= 4 is 22.4 Å². The Morgan fingerprint density at radius 2 is 1.95 bits per heavy atom. The van der Waals surface area contributed by atoms with E-state index in [9.17, 15) is 9.18 Å². The standard InChI is InChI=1S/C17H13FN2OS/c1-11-7-8-13(14(18)9-11)15-10-22-17(19-15)20-16(21)12-5-3-2-4-6-12/h2-10H,1H3,(H,19,20,21). The summed E-state index contributed by atoms with van der Waals surface area (Å²) in [4.78, 5) is 16.3. The summed E-state index contributed by atoms with van der Waals surface area (Å²) in [5.41, 5.74) is 2.36. The van der Waals surface area contributed by atoms with Crippen LogP contribution in [0.5, 0.6) is 0 Å². The Kier molecular flexibility index (Phi) is 3.98. The van der Waals surface area contributed by atoms with Crippen LogP contribution in [-0.4, -0.2) is 10.9 Å². The van der Waals surface area contributed by atoms with Crippen LogP contribution in [0.1, 0.15) is 15.9 Å². The van der Waals surface area contributed by atoms with Gasteiger partial charge in [-0.2, -0.15) is 0 Å². The zero-order chi connectivity index (χ0) is 15.5. The minimum absolute atomic E-state index is 0.231. The van der Waals surface area contributed by atoms with Gasteiger partial charge in [-0.25, -0.2) is 9.37 Å². The number of benzene rings is 2. The molecule has 0 atom stereocenters. The van der Waals surface area contributed by atoms with Crippen molar-refractivity contribution in [1.82, 2.24) is 4.98 Å². The number of carbonyl (C=O) groups excluding carboxylic acids is 1. The summed E-state index contributed by atoms with van der Waals surface area (Å²) in [5.74, 6) is -0.544. The summed E-state index contributed by atoms with van der Waals surface area (Å²) in [6.45, 7) is 1.83. The monoisotopic (exact) mass is 312 g/mol. The van der Waals surface area contributed by atoms with Gasteiger partial charge in [0.1, 0.15) is 5.82 Å². The number of thiazole rings is 1. The Bertz CT molecular complexity index is 815. The summed E-state index contributed by atoms with van der Waals surface area (Å²) in [6.07, 6.45) is 0. The molecule has 0 saturated heterocycles. The largest absolute Gasteiger partial charge is 0.298 e. The van der Waals surface area contributed by atoms with E-state index in [1.54, 1.807) is 35.7 Å². The minimum atomic E-state index is -0.314. The van der Waals surface area contributed by atoms with Crippen LogP contribution >= 0.6 is 11.3 Å². The third kappa shape index (κ3) is 3.04. The number of hydrogen-bond donors (Lipinski definition) is 1. The normalized spacial score (nSPS) is 10.5. The Balaban J connectivity index is 1.81. The summed E-state index contributed by atoms with van der Waals surface area (Å²) < 4.78 is 14.0. The van der Waals surface area contributed by atoms with E-state index in [-0.39, 0.29) is 11.7 Å². The van der Waals surface area contributed by atoms with Gasteiger partial charge in [0.25, 0.3) is 5.91 Å². The van der Waals surface area contributed by atoms with Gasteiger partial charge in [-0.15, -0.1) is 11.3 Å². The van der Waals surface area contributed by atoms with Crippen LogP contribution in [0.4, 0.5) is 9.52 Å². The summed E-state index contributed by atoms with van der Waals surface area (Å²) in [7, 11) is 0. The van der Waals surface area contributed by atoms with Gasteiger partial charge in [-0.1, -0.05) is 24.3 Å². The van der Waals surface area contributed by atoms with Crippen molar-refractivity contribution in [3.8, 4) is 11.3 Å². The van der Waals surface area contributed by atoms with Crippen LogP contribution < -0.4 is 5.32 Å². The molecule has 2 aromatic carbocycles. The molecule has 22 heavy (non-hydrogen) atoms. The smallest absolute Gasteiger partial charge is 0.257 e. The number of carbonyl (C=O) groups is 1. The lowest BCUT2D eigenvalue weighted by Gasteiger charge is -2.02. The van der Waals surface area contributed by atoms with Crippen molar-refractivity contribution < 1.29 is 9.18 Å². The maximum atomic E-state index is 14.0. The first-order chi connectivity index (χ1) is 10.6. The number of nitrogens with one attached hydrogen (secondary N) is 1. The van der Waals surface area contributed by atoms with E-state index in [0.717, 1.165) is 5.56 Å². The van der Waals surface area contributed by atoms with Crippen molar-refractivity contribution in [3.05, 3.63) is 70.9 Å². The minimum Gasteiger partial charge on any atom is -0.298 e. The van der Waals surface area contributed by atoms with Crippen molar-refractivity contribution in [2.45, 2.75) is 6.92 Å². The first-order valence-electron chi connectivity index (χ1n) is 6.72. The lowest BCUT2D eigenvalue weighted by Crippen LogP contribution is -2.11. The molecular weight excluding hydrogens is 299 g/mol. The number of hydrogen-bond acceptors (Lipinski definition) is 3. The number of aromatic nitrogens is 1. The lowest BCUT2D eigenvalue weighted by atomic mass is 10.1. The highest BCUT2D eigenvalue weighted by atomic mass is 32.1. The number of nitrogens with zero attached hydrogens (tertiary/aromatic N) is 1. The third-order valence-electron chi connectivity index (χ3n) is 3.16. The Labute approximate surface area is 131 Å². The van der Waals surface area contributed by atoms with Crippen LogP contribution in [0.3, 0.4) is 0 Å². The Morgan fingerprint density at radius 3 is 2.68 bits per heavy atom. The van der Waals surface area contributed by atoms with Gasteiger partial charge in [0.15, 0.2) is 5.13 Å². The molecule has 3 nitrogen and oxygen atoms in total. The molecule has 3 aromatic rings. The fourth-order valence-electron chi connectivity index (χ4n) is 2.04. The van der Waals surface area contributed by atoms with Crippen LogP contribution in [0.2, 0.25) is 0 Å². The van der Waals surface area contributed by atoms with Gasteiger partial charge in [-0.05, 0) is 36.8 Å². The van der Waals surface area contributed by atoms with Gasteiger partial charge in [0, 0.05) is 16.5 Å².